The summed E-state index contributed by atoms with van der Waals surface area (Å²) in [6, 6.07) is 8.76. The molecule has 6 atom stereocenters. The SMILES string of the molecule is CC(C)OC(=O)[C@@H](C)NCCCP(=O)(OC[C@H]1O[C@@H](n2ccc(=O)[nH]c2=O)[C@](C)(F)[C@@H]1O)Oc1ccccc1. The third-order valence-corrected chi connectivity index (χ3v) is 7.90. The van der Waals surface area contributed by atoms with Gasteiger partial charge in [0.25, 0.3) is 5.56 Å². The summed E-state index contributed by atoms with van der Waals surface area (Å²) < 4.78 is 52.1. The fourth-order valence-corrected chi connectivity index (χ4v) is 5.57. The summed E-state index contributed by atoms with van der Waals surface area (Å²) in [6.45, 7) is 5.98. The van der Waals surface area contributed by atoms with E-state index in [9.17, 15) is 24.1 Å². The normalized spacial score (nSPS) is 25.3. The number of aliphatic hydroxyl groups is 1. The van der Waals surface area contributed by atoms with Crippen molar-refractivity contribution in [3.63, 3.8) is 0 Å². The molecular formula is C25H35FN3O9P. The molecule has 1 aliphatic rings. The van der Waals surface area contributed by atoms with Crippen LogP contribution >= 0.6 is 7.60 Å². The van der Waals surface area contributed by atoms with Crippen molar-refractivity contribution >= 4 is 13.6 Å². The maximum atomic E-state index is 15.5. The van der Waals surface area contributed by atoms with E-state index in [0.717, 1.165) is 23.8 Å². The van der Waals surface area contributed by atoms with Gasteiger partial charge in [-0.25, -0.2) is 13.8 Å². The number of alkyl halides is 1. The van der Waals surface area contributed by atoms with Crippen molar-refractivity contribution in [2.45, 2.75) is 70.4 Å². The number of esters is 1. The van der Waals surface area contributed by atoms with Crippen molar-refractivity contribution in [2.24, 2.45) is 0 Å². The number of ether oxygens (including phenoxy) is 2. The van der Waals surface area contributed by atoms with E-state index in [0.29, 0.717) is 6.54 Å². The fraction of sp³-hybridized carbons (Fsp3) is 0.560. The Kier molecular flexibility index (Phi) is 10.2. The van der Waals surface area contributed by atoms with Crippen molar-refractivity contribution in [1.82, 2.24) is 14.9 Å². The molecule has 2 aromatic rings. The van der Waals surface area contributed by atoms with E-state index in [4.69, 9.17) is 18.5 Å². The molecule has 1 fully saturated rings. The number of hydrogen-bond acceptors (Lipinski definition) is 10. The van der Waals surface area contributed by atoms with Crippen LogP contribution in [0.1, 0.15) is 40.3 Å². The van der Waals surface area contributed by atoms with Gasteiger partial charge in [0.1, 0.15) is 24.0 Å². The number of carbonyl (C=O) groups excluding carboxylic acids is 1. The van der Waals surface area contributed by atoms with E-state index in [-0.39, 0.29) is 24.4 Å². The maximum Gasteiger partial charge on any atom is 0.379 e. The number of aromatic nitrogens is 2. The topological polar surface area (TPSA) is 158 Å². The van der Waals surface area contributed by atoms with Crippen molar-refractivity contribution in [3.05, 3.63) is 63.4 Å². The van der Waals surface area contributed by atoms with Gasteiger partial charge in [-0.05, 0) is 52.8 Å². The summed E-state index contributed by atoms with van der Waals surface area (Å²) in [4.78, 5) is 37.6. The zero-order chi connectivity index (χ0) is 28.8. The molecule has 3 rings (SSSR count). The van der Waals surface area contributed by atoms with Crippen LogP contribution in [0.3, 0.4) is 0 Å². The van der Waals surface area contributed by atoms with Crippen LogP contribution in [0, 0.1) is 0 Å². The van der Waals surface area contributed by atoms with E-state index in [1.807, 2.05) is 4.98 Å². The van der Waals surface area contributed by atoms with Gasteiger partial charge in [0, 0.05) is 12.3 Å². The van der Waals surface area contributed by atoms with Crippen LogP contribution in [-0.2, 0) is 23.4 Å². The monoisotopic (exact) mass is 571 g/mol. The smallest absolute Gasteiger partial charge is 0.379 e. The van der Waals surface area contributed by atoms with Crippen LogP contribution in [0.5, 0.6) is 5.75 Å². The molecule has 1 saturated heterocycles. The molecule has 1 aromatic heterocycles. The van der Waals surface area contributed by atoms with Crippen molar-refractivity contribution in [3.8, 4) is 5.75 Å². The fourth-order valence-electron chi connectivity index (χ4n) is 3.94. The van der Waals surface area contributed by atoms with Gasteiger partial charge in [0.05, 0.1) is 18.9 Å². The van der Waals surface area contributed by atoms with Crippen LogP contribution in [0.2, 0.25) is 0 Å². The van der Waals surface area contributed by atoms with Crippen molar-refractivity contribution in [2.75, 3.05) is 19.3 Å². The first-order valence-corrected chi connectivity index (χ1v) is 14.3. The van der Waals surface area contributed by atoms with Crippen LogP contribution in [0.15, 0.2) is 52.2 Å². The number of aliphatic hydroxyl groups excluding tert-OH is 1. The van der Waals surface area contributed by atoms with Crippen LogP contribution < -0.4 is 21.1 Å². The van der Waals surface area contributed by atoms with Crippen LogP contribution in [0.4, 0.5) is 4.39 Å². The maximum absolute atomic E-state index is 15.5. The standard InChI is InChI=1S/C25H35FN3O9P/c1-16(2)36-22(32)17(3)27-12-8-14-39(34,38-18-9-6-5-7-10-18)35-15-19-21(31)25(4,26)23(37-19)29-13-11-20(30)28-24(29)33/h5-7,9-11,13,16-17,19,21,23,27,31H,8,12,14-15H2,1-4H3,(H,28,30,33)/t17-,19-,21-,23-,25-,39?/m1/s1. The molecule has 39 heavy (non-hydrogen) atoms. The van der Waals surface area contributed by atoms with E-state index in [1.54, 1.807) is 51.1 Å². The van der Waals surface area contributed by atoms with Gasteiger partial charge in [-0.2, -0.15) is 0 Å². The number of benzene rings is 1. The molecule has 216 valence electrons. The van der Waals surface area contributed by atoms with Crippen molar-refractivity contribution < 1.29 is 37.4 Å². The minimum atomic E-state index is -3.86. The zero-order valence-electron chi connectivity index (χ0n) is 22.2. The molecule has 1 unspecified atom stereocenters. The zero-order valence-corrected chi connectivity index (χ0v) is 23.1. The summed E-state index contributed by atoms with van der Waals surface area (Å²) in [5.41, 5.74) is -4.03. The third kappa shape index (κ3) is 8.09. The minimum absolute atomic E-state index is 0.0701. The molecule has 12 nitrogen and oxygen atoms in total. The van der Waals surface area contributed by atoms with Gasteiger partial charge >= 0.3 is 19.3 Å². The molecule has 0 aliphatic carbocycles. The lowest BCUT2D eigenvalue weighted by molar-refractivity contribution is -0.149. The highest BCUT2D eigenvalue weighted by Crippen LogP contribution is 2.50. The number of aromatic amines is 1. The van der Waals surface area contributed by atoms with Crippen LogP contribution in [0.25, 0.3) is 0 Å². The van der Waals surface area contributed by atoms with E-state index >= 15 is 4.39 Å². The Hall–Kier alpha value is -2.83. The highest BCUT2D eigenvalue weighted by Gasteiger charge is 2.55. The average molecular weight is 572 g/mol. The van der Waals surface area contributed by atoms with Crippen LogP contribution in [-0.4, -0.2) is 70.0 Å². The number of nitrogens with one attached hydrogen (secondary N) is 2. The quantitative estimate of drug-likeness (QED) is 0.185. The second-order valence-electron chi connectivity index (χ2n) is 9.69. The summed E-state index contributed by atoms with van der Waals surface area (Å²) in [7, 11) is -3.86. The Morgan fingerprint density at radius 3 is 2.59 bits per heavy atom. The van der Waals surface area contributed by atoms with E-state index in [2.05, 4.69) is 5.32 Å². The first kappa shape index (κ1) is 30.7. The highest BCUT2D eigenvalue weighted by molar-refractivity contribution is 7.54. The number of nitrogens with zero attached hydrogens (tertiary/aromatic N) is 1. The minimum Gasteiger partial charge on any atom is -0.462 e. The molecule has 2 heterocycles. The predicted octanol–water partition coefficient (Wildman–Crippen LogP) is 2.13. The molecule has 1 aromatic carbocycles. The van der Waals surface area contributed by atoms with Gasteiger partial charge < -0.3 is 24.4 Å². The summed E-state index contributed by atoms with van der Waals surface area (Å²) >= 11 is 0. The molecule has 0 bridgehead atoms. The van der Waals surface area contributed by atoms with Gasteiger partial charge in [-0.15, -0.1) is 0 Å². The lowest BCUT2D eigenvalue weighted by Crippen LogP contribution is -2.43. The molecule has 14 heteroatoms. The molecule has 0 amide bonds. The number of para-hydroxylation sites is 1. The lowest BCUT2D eigenvalue weighted by Gasteiger charge is -2.24. The largest absolute Gasteiger partial charge is 0.462 e. The predicted molar refractivity (Wildman–Crippen MR) is 140 cm³/mol. The van der Waals surface area contributed by atoms with Crippen molar-refractivity contribution in [1.29, 1.82) is 0 Å². The second kappa shape index (κ2) is 13.0. The number of H-pyrrole nitrogens is 1. The molecule has 1 aliphatic heterocycles. The van der Waals surface area contributed by atoms with E-state index in [1.165, 1.54) is 0 Å². The molecule has 0 radical (unpaired) electrons. The molecule has 0 saturated carbocycles. The van der Waals surface area contributed by atoms with Gasteiger partial charge in [-0.1, -0.05) is 18.2 Å². The first-order chi connectivity index (χ1) is 18.3. The number of carbonyl (C=O) groups is 1. The number of hydrogen-bond donors (Lipinski definition) is 3. The second-order valence-corrected chi connectivity index (χ2v) is 11.8. The van der Waals surface area contributed by atoms with E-state index < -0.39 is 61.6 Å². The Morgan fingerprint density at radius 2 is 1.95 bits per heavy atom. The lowest BCUT2D eigenvalue weighted by atomic mass is 9.98. The molecular weight excluding hydrogens is 536 g/mol. The number of rotatable bonds is 13. The molecule has 0 spiro atoms. The third-order valence-electron chi connectivity index (χ3n) is 6.01. The Balaban J connectivity index is 1.67. The summed E-state index contributed by atoms with van der Waals surface area (Å²) in [5.74, 6) is -0.133. The highest BCUT2D eigenvalue weighted by atomic mass is 31.2. The van der Waals surface area contributed by atoms with Gasteiger partial charge in [0.2, 0.25) is 0 Å². The molecule has 3 N–H and O–H groups in total. The summed E-state index contributed by atoms with van der Waals surface area (Å²) in [5, 5.41) is 13.6. The Morgan fingerprint density at radius 1 is 1.26 bits per heavy atom. The van der Waals surface area contributed by atoms with Gasteiger partial charge in [0.15, 0.2) is 11.9 Å². The first-order valence-electron chi connectivity index (χ1n) is 12.6. The average Bonchev–Trinajstić information content (AvgIpc) is 3.09. The van der Waals surface area contributed by atoms with Gasteiger partial charge in [-0.3, -0.25) is 23.7 Å². The number of halogens is 1. The Labute approximate surface area is 225 Å². The Bertz CT molecular complexity index is 1270. The summed E-state index contributed by atoms with van der Waals surface area (Å²) in [6.07, 6.45) is -3.60.